The molecule has 5 heteroatoms. The van der Waals surface area contributed by atoms with Gasteiger partial charge in [0.15, 0.2) is 23.0 Å². The first-order chi connectivity index (χ1) is 13.1. The van der Waals surface area contributed by atoms with E-state index in [2.05, 4.69) is 6.07 Å². The molecule has 140 valence electrons. The third-order valence-electron chi connectivity index (χ3n) is 3.95. The number of methoxy groups -OCH3 is 4. The molecule has 0 N–H and O–H groups in total. The van der Waals surface area contributed by atoms with Gasteiger partial charge >= 0.3 is 0 Å². The van der Waals surface area contributed by atoms with Gasteiger partial charge in [0.25, 0.3) is 0 Å². The summed E-state index contributed by atoms with van der Waals surface area (Å²) in [7, 11) is 6.38. The number of hydrogen-bond acceptors (Lipinski definition) is 5. The van der Waals surface area contributed by atoms with Crippen molar-refractivity contribution in [2.75, 3.05) is 28.4 Å². The van der Waals surface area contributed by atoms with Crippen molar-refractivity contribution in [3.8, 4) is 29.1 Å². The SMILES string of the molecule is COc1ccc(/C=C(\C#N)C/C=C/c2ccc(OC)c(OC)c2)cc1OC. The minimum absolute atomic E-state index is 0.513. The molecule has 2 aromatic carbocycles. The Morgan fingerprint density at radius 1 is 0.815 bits per heavy atom. The van der Waals surface area contributed by atoms with Gasteiger partial charge in [-0.25, -0.2) is 0 Å². The molecule has 0 atom stereocenters. The fourth-order valence-electron chi connectivity index (χ4n) is 2.56. The van der Waals surface area contributed by atoms with Gasteiger partial charge in [-0.2, -0.15) is 5.26 Å². The molecule has 0 amide bonds. The molecule has 0 aromatic heterocycles. The second-order valence-electron chi connectivity index (χ2n) is 5.62. The van der Waals surface area contributed by atoms with Gasteiger partial charge in [0.05, 0.1) is 34.5 Å². The van der Waals surface area contributed by atoms with Gasteiger partial charge in [-0.1, -0.05) is 24.3 Å². The van der Waals surface area contributed by atoms with Gasteiger partial charge in [-0.15, -0.1) is 0 Å². The van der Waals surface area contributed by atoms with Crippen LogP contribution in [0.5, 0.6) is 23.0 Å². The zero-order chi connectivity index (χ0) is 19.6. The van der Waals surface area contributed by atoms with Crippen LogP contribution in [0, 0.1) is 11.3 Å². The first-order valence-corrected chi connectivity index (χ1v) is 8.36. The maximum Gasteiger partial charge on any atom is 0.161 e. The fourth-order valence-corrected chi connectivity index (χ4v) is 2.56. The number of nitrogens with zero attached hydrogens (tertiary/aromatic N) is 1. The van der Waals surface area contributed by atoms with E-state index in [1.165, 1.54) is 0 Å². The van der Waals surface area contributed by atoms with Crippen molar-refractivity contribution in [1.29, 1.82) is 5.26 Å². The second-order valence-corrected chi connectivity index (χ2v) is 5.62. The van der Waals surface area contributed by atoms with Crippen LogP contribution in [0.1, 0.15) is 17.5 Å². The molecule has 0 bridgehead atoms. The van der Waals surface area contributed by atoms with E-state index in [4.69, 9.17) is 18.9 Å². The number of hydrogen-bond donors (Lipinski definition) is 0. The van der Waals surface area contributed by atoms with E-state index in [1.807, 2.05) is 54.6 Å². The monoisotopic (exact) mass is 365 g/mol. The molecule has 2 rings (SSSR count). The van der Waals surface area contributed by atoms with Crippen molar-refractivity contribution in [3.05, 3.63) is 59.2 Å². The molecular formula is C22H23NO4. The van der Waals surface area contributed by atoms with Crippen molar-refractivity contribution >= 4 is 12.2 Å². The lowest BCUT2D eigenvalue weighted by atomic mass is 10.1. The highest BCUT2D eigenvalue weighted by atomic mass is 16.5. The van der Waals surface area contributed by atoms with Gasteiger partial charge in [-0.05, 0) is 41.5 Å². The smallest absolute Gasteiger partial charge is 0.161 e. The molecule has 0 heterocycles. The minimum atomic E-state index is 0.513. The Morgan fingerprint density at radius 2 is 1.33 bits per heavy atom. The minimum Gasteiger partial charge on any atom is -0.493 e. The highest BCUT2D eigenvalue weighted by Gasteiger charge is 2.05. The van der Waals surface area contributed by atoms with E-state index in [0.29, 0.717) is 35.0 Å². The largest absolute Gasteiger partial charge is 0.493 e. The van der Waals surface area contributed by atoms with E-state index >= 15 is 0 Å². The van der Waals surface area contributed by atoms with Crippen LogP contribution in [0.3, 0.4) is 0 Å². The molecule has 0 saturated carbocycles. The number of benzene rings is 2. The first-order valence-electron chi connectivity index (χ1n) is 8.36. The lowest BCUT2D eigenvalue weighted by molar-refractivity contribution is 0.355. The van der Waals surface area contributed by atoms with Crippen molar-refractivity contribution in [1.82, 2.24) is 0 Å². The highest BCUT2D eigenvalue weighted by molar-refractivity contribution is 5.62. The van der Waals surface area contributed by atoms with Crippen molar-refractivity contribution < 1.29 is 18.9 Å². The predicted molar refractivity (Wildman–Crippen MR) is 106 cm³/mol. The normalized spacial score (nSPS) is 11.1. The van der Waals surface area contributed by atoms with Crippen LogP contribution in [0.4, 0.5) is 0 Å². The van der Waals surface area contributed by atoms with Crippen molar-refractivity contribution in [2.24, 2.45) is 0 Å². The molecular weight excluding hydrogens is 342 g/mol. The Hall–Kier alpha value is -3.39. The summed E-state index contributed by atoms with van der Waals surface area (Å²) in [4.78, 5) is 0. The maximum absolute atomic E-state index is 9.42. The summed E-state index contributed by atoms with van der Waals surface area (Å²) in [5.74, 6) is 2.63. The van der Waals surface area contributed by atoms with Crippen LogP contribution in [0.25, 0.3) is 12.2 Å². The van der Waals surface area contributed by atoms with Gasteiger partial charge in [0, 0.05) is 12.0 Å². The number of allylic oxidation sites excluding steroid dienone is 2. The summed E-state index contributed by atoms with van der Waals surface area (Å²) in [6.45, 7) is 0. The average molecular weight is 365 g/mol. The first kappa shape index (κ1) is 19.9. The molecule has 0 fully saturated rings. The number of ether oxygens (including phenoxy) is 4. The van der Waals surface area contributed by atoms with E-state index in [0.717, 1.165) is 11.1 Å². The van der Waals surface area contributed by atoms with E-state index in [1.54, 1.807) is 28.4 Å². The van der Waals surface area contributed by atoms with Crippen LogP contribution in [0.2, 0.25) is 0 Å². The van der Waals surface area contributed by atoms with E-state index < -0.39 is 0 Å². The predicted octanol–water partition coefficient (Wildman–Crippen LogP) is 4.73. The van der Waals surface area contributed by atoms with Crippen LogP contribution < -0.4 is 18.9 Å². The molecule has 2 aromatic rings. The van der Waals surface area contributed by atoms with E-state index in [-0.39, 0.29) is 0 Å². The van der Waals surface area contributed by atoms with Gasteiger partial charge in [0.1, 0.15) is 0 Å². The van der Waals surface area contributed by atoms with Crippen molar-refractivity contribution in [3.63, 3.8) is 0 Å². The summed E-state index contributed by atoms with van der Waals surface area (Å²) in [5.41, 5.74) is 2.48. The van der Waals surface area contributed by atoms with Crippen LogP contribution >= 0.6 is 0 Å². The topological polar surface area (TPSA) is 60.7 Å². The quantitative estimate of drug-likeness (QED) is 0.633. The summed E-state index contributed by atoms with van der Waals surface area (Å²) in [6, 6.07) is 13.5. The molecule has 0 aliphatic rings. The Labute approximate surface area is 160 Å². The average Bonchev–Trinajstić information content (AvgIpc) is 2.72. The summed E-state index contributed by atoms with van der Waals surface area (Å²) in [5, 5.41) is 9.42. The zero-order valence-electron chi connectivity index (χ0n) is 16.0. The summed E-state index contributed by atoms with van der Waals surface area (Å²) in [6.07, 6.45) is 6.24. The number of rotatable bonds is 8. The van der Waals surface area contributed by atoms with Gasteiger partial charge in [0.2, 0.25) is 0 Å². The third-order valence-corrected chi connectivity index (χ3v) is 3.95. The lowest BCUT2D eigenvalue weighted by Gasteiger charge is -2.08. The Kier molecular flexibility index (Phi) is 7.33. The molecule has 5 nitrogen and oxygen atoms in total. The summed E-state index contributed by atoms with van der Waals surface area (Å²) < 4.78 is 21.1. The molecule has 0 radical (unpaired) electrons. The fraction of sp³-hybridized carbons (Fsp3) is 0.227. The maximum atomic E-state index is 9.42. The van der Waals surface area contributed by atoms with Crippen LogP contribution in [0.15, 0.2) is 48.0 Å². The molecule has 0 aliphatic carbocycles. The molecule has 0 saturated heterocycles. The molecule has 0 aliphatic heterocycles. The standard InChI is InChI=1S/C22H23NO4/c1-24-19-10-8-16(13-21(19)26-3)6-5-7-18(15-23)12-17-9-11-20(25-2)22(14-17)27-4/h5-6,8-14H,7H2,1-4H3/b6-5+,18-12-. The summed E-state index contributed by atoms with van der Waals surface area (Å²) >= 11 is 0. The van der Waals surface area contributed by atoms with Crippen molar-refractivity contribution in [2.45, 2.75) is 6.42 Å². The Morgan fingerprint density at radius 3 is 1.85 bits per heavy atom. The second kappa shape index (κ2) is 9.93. The number of nitriles is 1. The van der Waals surface area contributed by atoms with Gasteiger partial charge < -0.3 is 18.9 Å². The van der Waals surface area contributed by atoms with Gasteiger partial charge in [-0.3, -0.25) is 0 Å². The molecule has 0 spiro atoms. The Balaban J connectivity index is 2.14. The Bertz CT molecular complexity index is 878. The van der Waals surface area contributed by atoms with Crippen LogP contribution in [-0.2, 0) is 0 Å². The zero-order valence-corrected chi connectivity index (χ0v) is 16.0. The molecule has 0 unspecified atom stereocenters. The molecule has 27 heavy (non-hydrogen) atoms. The highest BCUT2D eigenvalue weighted by Crippen LogP contribution is 2.29. The van der Waals surface area contributed by atoms with E-state index in [9.17, 15) is 5.26 Å². The third kappa shape index (κ3) is 5.29. The lowest BCUT2D eigenvalue weighted by Crippen LogP contribution is -1.91. The van der Waals surface area contributed by atoms with Crippen LogP contribution in [-0.4, -0.2) is 28.4 Å².